The van der Waals surface area contributed by atoms with Crippen molar-refractivity contribution in [2.75, 3.05) is 57.4 Å². The maximum Gasteiger partial charge on any atom is 0.0672 e. The molecule has 0 bridgehead atoms. The Kier molecular flexibility index (Phi) is 3.75. The van der Waals surface area contributed by atoms with Crippen molar-refractivity contribution in [1.82, 2.24) is 20.0 Å². The van der Waals surface area contributed by atoms with Crippen molar-refractivity contribution in [2.24, 2.45) is 0 Å². The van der Waals surface area contributed by atoms with Crippen molar-refractivity contribution in [3.8, 4) is 0 Å². The summed E-state index contributed by atoms with van der Waals surface area (Å²) in [5.41, 5.74) is 8.83. The van der Waals surface area contributed by atoms with Gasteiger partial charge in [0.15, 0.2) is 0 Å². The van der Waals surface area contributed by atoms with Gasteiger partial charge in [-0.1, -0.05) is 0 Å². The molecule has 108 valence electrons. The molecule has 0 unspecified atom stereocenters. The Morgan fingerprint density at radius 3 is 2.90 bits per heavy atom. The van der Waals surface area contributed by atoms with Gasteiger partial charge in [0, 0.05) is 44.7 Å². The highest BCUT2D eigenvalue weighted by molar-refractivity contribution is 5.88. The first-order chi connectivity index (χ1) is 9.72. The van der Waals surface area contributed by atoms with E-state index in [4.69, 9.17) is 5.73 Å². The number of hydrogen-bond acceptors (Lipinski definition) is 5. The van der Waals surface area contributed by atoms with E-state index < -0.39 is 0 Å². The van der Waals surface area contributed by atoms with Crippen molar-refractivity contribution < 1.29 is 0 Å². The van der Waals surface area contributed by atoms with Gasteiger partial charge in [-0.15, -0.1) is 0 Å². The zero-order chi connectivity index (χ0) is 13.9. The molecule has 6 nitrogen and oxygen atoms in total. The number of nitrogens with zero attached hydrogens (tertiary/aromatic N) is 3. The minimum absolute atomic E-state index is 0.775. The Labute approximate surface area is 118 Å². The molecular weight excluding hydrogens is 252 g/mol. The van der Waals surface area contributed by atoms with E-state index in [0.717, 1.165) is 61.5 Å². The number of rotatable bonds is 4. The number of nitrogens with one attached hydrogen (secondary N) is 2. The van der Waals surface area contributed by atoms with Gasteiger partial charge in [-0.05, 0) is 19.2 Å². The lowest BCUT2D eigenvalue weighted by atomic mass is 10.2. The Morgan fingerprint density at radius 2 is 2.10 bits per heavy atom. The predicted molar refractivity (Wildman–Crippen MR) is 82.9 cm³/mol. The van der Waals surface area contributed by atoms with Crippen LogP contribution >= 0.6 is 0 Å². The molecule has 3 rings (SSSR count). The van der Waals surface area contributed by atoms with E-state index in [9.17, 15) is 0 Å². The number of piperazine rings is 1. The number of likely N-dealkylation sites (N-methyl/N-ethyl adjacent to an activating group) is 1. The first kappa shape index (κ1) is 13.2. The Bertz CT molecular complexity index is 570. The van der Waals surface area contributed by atoms with Crippen molar-refractivity contribution in [3.63, 3.8) is 0 Å². The van der Waals surface area contributed by atoms with Gasteiger partial charge in [-0.3, -0.25) is 10.00 Å². The number of H-pyrrole nitrogens is 1. The fourth-order valence-electron chi connectivity index (χ4n) is 2.58. The molecule has 1 aliphatic rings. The second-order valence-electron chi connectivity index (χ2n) is 5.47. The number of benzene rings is 1. The predicted octanol–water partition coefficient (Wildman–Crippen LogP) is 0.804. The summed E-state index contributed by atoms with van der Waals surface area (Å²) >= 11 is 0. The molecule has 20 heavy (non-hydrogen) atoms. The number of aromatic amines is 1. The van der Waals surface area contributed by atoms with Crippen molar-refractivity contribution >= 4 is 22.3 Å². The van der Waals surface area contributed by atoms with E-state index >= 15 is 0 Å². The van der Waals surface area contributed by atoms with Gasteiger partial charge >= 0.3 is 0 Å². The van der Waals surface area contributed by atoms with Gasteiger partial charge in [0.2, 0.25) is 0 Å². The van der Waals surface area contributed by atoms with E-state index in [2.05, 4.69) is 32.4 Å². The number of fused-ring (bicyclic) bond motifs is 1. The smallest absolute Gasteiger partial charge is 0.0672 e. The first-order valence-electron chi connectivity index (χ1n) is 7.10. The quantitative estimate of drug-likeness (QED) is 0.719. The first-order valence-corrected chi connectivity index (χ1v) is 7.10. The highest BCUT2D eigenvalue weighted by Crippen LogP contribution is 2.24. The standard InChI is InChI=1S/C14H22N6/c1-19-4-6-20(7-5-19)3-2-16-14-9-13-11(8-12(14)15)10-17-18-13/h8-10,16H,2-7,15H2,1H3,(H,17,18). The molecule has 1 aromatic heterocycles. The van der Waals surface area contributed by atoms with Gasteiger partial charge in [0.1, 0.15) is 0 Å². The van der Waals surface area contributed by atoms with Crippen LogP contribution in [-0.4, -0.2) is 66.3 Å². The summed E-state index contributed by atoms with van der Waals surface area (Å²) in [6, 6.07) is 3.98. The second-order valence-corrected chi connectivity index (χ2v) is 5.47. The third kappa shape index (κ3) is 2.86. The monoisotopic (exact) mass is 274 g/mol. The third-order valence-electron chi connectivity index (χ3n) is 3.95. The van der Waals surface area contributed by atoms with Crippen LogP contribution in [0.2, 0.25) is 0 Å². The van der Waals surface area contributed by atoms with E-state index in [-0.39, 0.29) is 0 Å². The lowest BCUT2D eigenvalue weighted by Gasteiger charge is -2.32. The Hall–Kier alpha value is -1.79. The number of nitrogens with two attached hydrogens (primary N) is 1. The molecular formula is C14H22N6. The average molecular weight is 274 g/mol. The average Bonchev–Trinajstić information content (AvgIpc) is 2.88. The summed E-state index contributed by atoms with van der Waals surface area (Å²) in [7, 11) is 2.18. The van der Waals surface area contributed by atoms with E-state index in [1.807, 2.05) is 12.1 Å². The molecule has 1 fully saturated rings. The number of aromatic nitrogens is 2. The van der Waals surface area contributed by atoms with Crippen molar-refractivity contribution in [1.29, 1.82) is 0 Å². The number of nitrogen functional groups attached to an aromatic ring is 1. The molecule has 0 radical (unpaired) electrons. The van der Waals surface area contributed by atoms with Gasteiger partial charge in [0.25, 0.3) is 0 Å². The SMILES string of the molecule is CN1CCN(CCNc2cc3[nH]ncc3cc2N)CC1. The fraction of sp³-hybridized carbons (Fsp3) is 0.500. The molecule has 4 N–H and O–H groups in total. The topological polar surface area (TPSA) is 73.2 Å². The normalized spacial score (nSPS) is 17.6. The highest BCUT2D eigenvalue weighted by Gasteiger charge is 2.13. The van der Waals surface area contributed by atoms with Crippen LogP contribution in [0.25, 0.3) is 10.9 Å². The minimum Gasteiger partial charge on any atom is -0.397 e. The van der Waals surface area contributed by atoms with E-state index in [0.29, 0.717) is 0 Å². The van der Waals surface area contributed by atoms with E-state index in [1.165, 1.54) is 0 Å². The largest absolute Gasteiger partial charge is 0.397 e. The molecule has 0 spiro atoms. The van der Waals surface area contributed by atoms with E-state index in [1.54, 1.807) is 6.20 Å². The third-order valence-corrected chi connectivity index (χ3v) is 3.95. The zero-order valence-corrected chi connectivity index (χ0v) is 11.9. The molecule has 1 saturated heterocycles. The summed E-state index contributed by atoms with van der Waals surface area (Å²) in [6.45, 7) is 6.56. The summed E-state index contributed by atoms with van der Waals surface area (Å²) < 4.78 is 0. The van der Waals surface area contributed by atoms with Crippen molar-refractivity contribution in [2.45, 2.75) is 0 Å². The summed E-state index contributed by atoms with van der Waals surface area (Å²) in [5.74, 6) is 0. The lowest BCUT2D eigenvalue weighted by Crippen LogP contribution is -2.45. The molecule has 1 aromatic carbocycles. The van der Waals surface area contributed by atoms with Gasteiger partial charge in [-0.25, -0.2) is 0 Å². The second kappa shape index (κ2) is 5.68. The van der Waals surface area contributed by atoms with Crippen LogP contribution in [0.1, 0.15) is 0 Å². The fourth-order valence-corrected chi connectivity index (χ4v) is 2.58. The van der Waals surface area contributed by atoms with Crippen LogP contribution < -0.4 is 11.1 Å². The van der Waals surface area contributed by atoms with Crippen LogP contribution in [-0.2, 0) is 0 Å². The van der Waals surface area contributed by atoms with Crippen molar-refractivity contribution in [3.05, 3.63) is 18.3 Å². The molecule has 0 saturated carbocycles. The van der Waals surface area contributed by atoms with Gasteiger partial charge < -0.3 is 16.0 Å². The maximum atomic E-state index is 6.06. The van der Waals surface area contributed by atoms with Crippen LogP contribution in [0.15, 0.2) is 18.3 Å². The van der Waals surface area contributed by atoms with Gasteiger partial charge in [0.05, 0.1) is 23.1 Å². The summed E-state index contributed by atoms with van der Waals surface area (Å²) in [4.78, 5) is 4.85. The molecule has 2 heterocycles. The van der Waals surface area contributed by atoms with Gasteiger partial charge in [-0.2, -0.15) is 5.10 Å². The molecule has 0 atom stereocenters. The lowest BCUT2D eigenvalue weighted by molar-refractivity contribution is 0.158. The molecule has 0 aliphatic carbocycles. The van der Waals surface area contributed by atoms with Crippen LogP contribution in [0.5, 0.6) is 0 Å². The zero-order valence-electron chi connectivity index (χ0n) is 11.9. The van der Waals surface area contributed by atoms with Crippen LogP contribution in [0.3, 0.4) is 0 Å². The molecule has 6 heteroatoms. The summed E-state index contributed by atoms with van der Waals surface area (Å²) in [6.07, 6.45) is 1.79. The van der Waals surface area contributed by atoms with Crippen LogP contribution in [0.4, 0.5) is 11.4 Å². The molecule has 0 amide bonds. The summed E-state index contributed by atoms with van der Waals surface area (Å²) in [5, 5.41) is 11.5. The van der Waals surface area contributed by atoms with Crippen LogP contribution in [0, 0.1) is 0 Å². The molecule has 2 aromatic rings. The number of anilines is 2. The number of hydrogen-bond donors (Lipinski definition) is 3. The Balaban J connectivity index is 1.55. The Morgan fingerprint density at radius 1 is 1.30 bits per heavy atom. The highest BCUT2D eigenvalue weighted by atomic mass is 15.2. The minimum atomic E-state index is 0.775. The molecule has 1 aliphatic heterocycles. The maximum absolute atomic E-state index is 6.06.